The summed E-state index contributed by atoms with van der Waals surface area (Å²) in [6.07, 6.45) is -3.21. The first kappa shape index (κ1) is 25.0. The van der Waals surface area contributed by atoms with Crippen molar-refractivity contribution in [2.24, 2.45) is 5.92 Å². The van der Waals surface area contributed by atoms with Crippen LogP contribution < -0.4 is 4.90 Å². The molecule has 2 aliphatic rings. The normalized spacial score (nSPS) is 18.8. The Kier molecular flexibility index (Phi) is 6.74. The van der Waals surface area contributed by atoms with Gasteiger partial charge in [-0.1, -0.05) is 18.2 Å². The summed E-state index contributed by atoms with van der Waals surface area (Å²) >= 11 is 0. The van der Waals surface area contributed by atoms with Crippen molar-refractivity contribution in [1.82, 2.24) is 14.8 Å². The third-order valence-corrected chi connectivity index (χ3v) is 7.07. The zero-order chi connectivity index (χ0) is 26.2. The minimum atomic E-state index is -4.56. The van der Waals surface area contributed by atoms with Crippen LogP contribution in [0, 0.1) is 11.7 Å². The maximum Gasteiger partial charge on any atom is 0.433 e. The largest absolute Gasteiger partial charge is 0.433 e. The lowest BCUT2D eigenvalue weighted by Crippen LogP contribution is -2.53. The highest BCUT2D eigenvalue weighted by molar-refractivity contribution is 5.95. The molecule has 5 rings (SSSR count). The predicted molar refractivity (Wildman–Crippen MR) is 131 cm³/mol. The number of rotatable bonds is 3. The first-order valence-electron chi connectivity index (χ1n) is 12.3. The number of aromatic nitrogens is 1. The van der Waals surface area contributed by atoms with Gasteiger partial charge in [0.2, 0.25) is 5.91 Å². The number of anilines is 1. The Morgan fingerprint density at radius 3 is 2.30 bits per heavy atom. The SMILES string of the molecule is O=C(c1ccc(F)cc1)N1CCCC(C(=O)N2CCN(c3cc(C(F)(F)F)nc4ccccc34)CC2)C1. The first-order chi connectivity index (χ1) is 17.7. The fourth-order valence-electron chi connectivity index (χ4n) is 5.13. The van der Waals surface area contributed by atoms with Crippen LogP contribution in [-0.4, -0.2) is 65.9 Å². The van der Waals surface area contributed by atoms with E-state index in [0.717, 1.165) is 6.07 Å². The lowest BCUT2D eigenvalue weighted by molar-refractivity contribution is -0.141. The van der Waals surface area contributed by atoms with Gasteiger partial charge in [-0.25, -0.2) is 9.37 Å². The monoisotopic (exact) mass is 514 g/mol. The van der Waals surface area contributed by atoms with E-state index in [4.69, 9.17) is 0 Å². The Labute approximate surface area is 211 Å². The number of alkyl halides is 3. The van der Waals surface area contributed by atoms with E-state index in [1.165, 1.54) is 24.3 Å². The van der Waals surface area contributed by atoms with Gasteiger partial charge in [0.25, 0.3) is 5.91 Å². The molecule has 37 heavy (non-hydrogen) atoms. The number of fused-ring (bicyclic) bond motifs is 1. The van der Waals surface area contributed by atoms with E-state index in [2.05, 4.69) is 4.98 Å². The van der Waals surface area contributed by atoms with Crippen molar-refractivity contribution in [2.75, 3.05) is 44.2 Å². The molecule has 0 saturated carbocycles. The smallest absolute Gasteiger partial charge is 0.367 e. The average molecular weight is 515 g/mol. The van der Waals surface area contributed by atoms with Crippen LogP contribution in [0.5, 0.6) is 0 Å². The lowest BCUT2D eigenvalue weighted by atomic mass is 9.95. The summed E-state index contributed by atoms with van der Waals surface area (Å²) in [6.45, 7) is 2.35. The highest BCUT2D eigenvalue weighted by Gasteiger charge is 2.36. The molecule has 1 atom stereocenters. The number of piperazine rings is 1. The van der Waals surface area contributed by atoms with Gasteiger partial charge in [-0.05, 0) is 49.2 Å². The Morgan fingerprint density at radius 2 is 1.59 bits per heavy atom. The van der Waals surface area contributed by atoms with Crippen LogP contribution in [0.4, 0.5) is 23.2 Å². The molecular weight excluding hydrogens is 488 g/mol. The van der Waals surface area contributed by atoms with E-state index >= 15 is 0 Å². The van der Waals surface area contributed by atoms with Crippen LogP contribution in [-0.2, 0) is 11.0 Å². The summed E-state index contributed by atoms with van der Waals surface area (Å²) in [5.74, 6) is -1.04. The van der Waals surface area contributed by atoms with E-state index in [9.17, 15) is 27.2 Å². The average Bonchev–Trinajstić information content (AvgIpc) is 2.92. The molecule has 2 aromatic carbocycles. The van der Waals surface area contributed by atoms with E-state index < -0.39 is 17.7 Å². The maximum atomic E-state index is 13.5. The summed E-state index contributed by atoms with van der Waals surface area (Å²) in [5.41, 5.74) is 0.177. The third kappa shape index (κ3) is 5.23. The Morgan fingerprint density at radius 1 is 0.892 bits per heavy atom. The van der Waals surface area contributed by atoms with Gasteiger partial charge < -0.3 is 14.7 Å². The van der Waals surface area contributed by atoms with Gasteiger partial charge in [-0.3, -0.25) is 9.59 Å². The van der Waals surface area contributed by atoms with Crippen LogP contribution in [0.3, 0.4) is 0 Å². The second-order valence-corrected chi connectivity index (χ2v) is 9.45. The summed E-state index contributed by atoms with van der Waals surface area (Å²) in [4.78, 5) is 35.2. The van der Waals surface area contributed by atoms with E-state index in [-0.39, 0.29) is 23.2 Å². The zero-order valence-corrected chi connectivity index (χ0v) is 20.0. The number of pyridine rings is 1. The van der Waals surface area contributed by atoms with Crippen molar-refractivity contribution in [1.29, 1.82) is 0 Å². The summed E-state index contributed by atoms with van der Waals surface area (Å²) < 4.78 is 53.6. The van der Waals surface area contributed by atoms with Gasteiger partial charge in [0, 0.05) is 55.9 Å². The van der Waals surface area contributed by atoms with Gasteiger partial charge in [-0.2, -0.15) is 13.2 Å². The standard InChI is InChI=1S/C27H26F4N4O2/c28-20-9-7-18(8-10-20)25(36)35-11-3-4-19(17-35)26(37)34-14-12-33(13-15-34)23-16-24(27(29,30)31)32-22-6-2-1-5-21(22)23/h1-2,5-10,16,19H,3-4,11-15,17H2. The van der Waals surface area contributed by atoms with E-state index in [1.807, 2.05) is 4.90 Å². The molecule has 0 N–H and O–H groups in total. The fraction of sp³-hybridized carbons (Fsp3) is 0.370. The molecule has 0 spiro atoms. The van der Waals surface area contributed by atoms with Crippen molar-refractivity contribution < 1.29 is 27.2 Å². The number of nitrogens with zero attached hydrogens (tertiary/aromatic N) is 4. The molecule has 1 aromatic heterocycles. The quantitative estimate of drug-likeness (QED) is 0.480. The van der Waals surface area contributed by atoms with Crippen LogP contribution in [0.1, 0.15) is 28.9 Å². The second-order valence-electron chi connectivity index (χ2n) is 9.45. The van der Waals surface area contributed by atoms with E-state index in [1.54, 1.807) is 34.1 Å². The summed E-state index contributed by atoms with van der Waals surface area (Å²) in [5, 5.41) is 0.637. The summed E-state index contributed by atoms with van der Waals surface area (Å²) in [6, 6.07) is 13.2. The van der Waals surface area contributed by atoms with Gasteiger partial charge in [0.05, 0.1) is 11.4 Å². The highest BCUT2D eigenvalue weighted by atomic mass is 19.4. The number of amides is 2. The molecular formula is C27H26F4N4O2. The molecule has 0 radical (unpaired) electrons. The third-order valence-electron chi connectivity index (χ3n) is 7.07. The van der Waals surface area contributed by atoms with Crippen LogP contribution in [0.25, 0.3) is 10.9 Å². The Bertz CT molecular complexity index is 1300. The number of piperidine rings is 1. The minimum Gasteiger partial charge on any atom is -0.367 e. The number of halogens is 4. The van der Waals surface area contributed by atoms with Crippen molar-refractivity contribution >= 4 is 28.4 Å². The molecule has 10 heteroatoms. The van der Waals surface area contributed by atoms with Gasteiger partial charge in [0.1, 0.15) is 11.5 Å². The number of carbonyl (C=O) groups excluding carboxylic acids is 2. The number of hydrogen-bond donors (Lipinski definition) is 0. The molecule has 2 fully saturated rings. The van der Waals surface area contributed by atoms with Gasteiger partial charge in [0.15, 0.2) is 0 Å². The van der Waals surface area contributed by atoms with Gasteiger partial charge >= 0.3 is 6.18 Å². The van der Waals surface area contributed by atoms with Crippen molar-refractivity contribution in [2.45, 2.75) is 19.0 Å². The van der Waals surface area contributed by atoms with Crippen molar-refractivity contribution in [3.05, 3.63) is 71.7 Å². The number of carbonyl (C=O) groups is 2. The number of para-hydroxylation sites is 1. The lowest BCUT2D eigenvalue weighted by Gasteiger charge is -2.40. The number of likely N-dealkylation sites (tertiary alicyclic amines) is 1. The molecule has 3 heterocycles. The molecule has 2 saturated heterocycles. The molecule has 194 valence electrons. The molecule has 2 aliphatic heterocycles. The van der Waals surface area contributed by atoms with Crippen molar-refractivity contribution in [3.63, 3.8) is 0 Å². The molecule has 2 amide bonds. The minimum absolute atomic E-state index is 0.0492. The van der Waals surface area contributed by atoms with Crippen LogP contribution >= 0.6 is 0 Å². The predicted octanol–water partition coefficient (Wildman–Crippen LogP) is 4.59. The second kappa shape index (κ2) is 9.99. The Balaban J connectivity index is 1.26. The first-order valence-corrected chi connectivity index (χ1v) is 12.3. The van der Waals surface area contributed by atoms with Crippen LogP contribution in [0.15, 0.2) is 54.6 Å². The molecule has 0 aliphatic carbocycles. The van der Waals surface area contributed by atoms with E-state index in [0.29, 0.717) is 68.7 Å². The molecule has 6 nitrogen and oxygen atoms in total. The molecule has 1 unspecified atom stereocenters. The van der Waals surface area contributed by atoms with Crippen LogP contribution in [0.2, 0.25) is 0 Å². The maximum absolute atomic E-state index is 13.5. The topological polar surface area (TPSA) is 56.8 Å². The highest BCUT2D eigenvalue weighted by Crippen LogP contribution is 2.35. The van der Waals surface area contributed by atoms with Gasteiger partial charge in [-0.15, -0.1) is 0 Å². The Hall–Kier alpha value is -3.69. The molecule has 3 aromatic rings. The summed E-state index contributed by atoms with van der Waals surface area (Å²) in [7, 11) is 0. The fourth-order valence-corrected chi connectivity index (χ4v) is 5.13. The molecule has 0 bridgehead atoms. The number of hydrogen-bond acceptors (Lipinski definition) is 4. The zero-order valence-electron chi connectivity index (χ0n) is 20.0. The number of benzene rings is 2. The van der Waals surface area contributed by atoms with Crippen molar-refractivity contribution in [3.8, 4) is 0 Å².